The van der Waals surface area contributed by atoms with Crippen molar-refractivity contribution in [1.29, 1.82) is 0 Å². The highest BCUT2D eigenvalue weighted by Gasteiger charge is 2.24. The first-order valence-corrected chi connectivity index (χ1v) is 12.0. The Hall–Kier alpha value is -3.28. The van der Waals surface area contributed by atoms with E-state index in [1.807, 2.05) is 41.2 Å². The van der Waals surface area contributed by atoms with Crippen LogP contribution in [-0.2, 0) is 6.54 Å². The second kappa shape index (κ2) is 9.92. The number of rotatable bonds is 6. The number of nitrogens with zero attached hydrogens (tertiary/aromatic N) is 4. The zero-order chi connectivity index (χ0) is 23.5. The molecule has 4 aromatic rings. The lowest BCUT2D eigenvalue weighted by atomic mass is 10.0. The summed E-state index contributed by atoms with van der Waals surface area (Å²) in [6, 6.07) is 26.1. The van der Waals surface area contributed by atoms with Crippen molar-refractivity contribution in [1.82, 2.24) is 19.6 Å². The second-order valence-corrected chi connectivity index (χ2v) is 9.27. The average Bonchev–Trinajstić information content (AvgIpc) is 3.28. The predicted molar refractivity (Wildman–Crippen MR) is 136 cm³/mol. The molecule has 4 nitrogen and oxygen atoms in total. The van der Waals surface area contributed by atoms with E-state index in [9.17, 15) is 4.39 Å². The smallest absolute Gasteiger partial charge is 0.132 e. The number of hydrogen-bond acceptors (Lipinski definition) is 3. The molecule has 5 rings (SSSR count). The van der Waals surface area contributed by atoms with E-state index in [0.717, 1.165) is 55.0 Å². The summed E-state index contributed by atoms with van der Waals surface area (Å²) in [7, 11) is 4.35. The van der Waals surface area contributed by atoms with Crippen LogP contribution < -0.4 is 0 Å². The van der Waals surface area contributed by atoms with Gasteiger partial charge < -0.3 is 4.90 Å². The highest BCUT2D eigenvalue weighted by molar-refractivity contribution is 5.68. The van der Waals surface area contributed by atoms with E-state index >= 15 is 0 Å². The number of halogens is 1. The van der Waals surface area contributed by atoms with E-state index in [0.29, 0.717) is 11.6 Å². The SMILES string of the molecule is CN1CCC(N(C)Cc2cnn(-c3ccc(-c4ccccc4)cc3)c2-c2ccccc2F)CC1. The van der Waals surface area contributed by atoms with Gasteiger partial charge in [-0.25, -0.2) is 9.07 Å². The van der Waals surface area contributed by atoms with Crippen molar-refractivity contribution in [2.24, 2.45) is 0 Å². The average molecular weight is 455 g/mol. The van der Waals surface area contributed by atoms with E-state index in [-0.39, 0.29) is 5.82 Å². The van der Waals surface area contributed by atoms with Gasteiger partial charge in [0.15, 0.2) is 0 Å². The van der Waals surface area contributed by atoms with Gasteiger partial charge in [-0.05, 0) is 75.4 Å². The predicted octanol–water partition coefficient (Wildman–Crippen LogP) is 5.87. The zero-order valence-electron chi connectivity index (χ0n) is 19.9. The van der Waals surface area contributed by atoms with Crippen molar-refractivity contribution in [3.05, 3.63) is 96.4 Å². The van der Waals surface area contributed by atoms with Crippen molar-refractivity contribution < 1.29 is 4.39 Å². The lowest BCUT2D eigenvalue weighted by molar-refractivity contribution is 0.139. The Kier molecular flexibility index (Phi) is 6.57. The van der Waals surface area contributed by atoms with Gasteiger partial charge in [0.2, 0.25) is 0 Å². The third kappa shape index (κ3) is 4.67. The minimum atomic E-state index is -0.228. The van der Waals surface area contributed by atoms with Crippen molar-refractivity contribution >= 4 is 0 Å². The molecule has 1 saturated heterocycles. The molecule has 34 heavy (non-hydrogen) atoms. The first-order chi connectivity index (χ1) is 16.6. The Morgan fingerprint density at radius 1 is 0.882 bits per heavy atom. The highest BCUT2D eigenvalue weighted by Crippen LogP contribution is 2.31. The largest absolute Gasteiger partial charge is 0.306 e. The minimum Gasteiger partial charge on any atom is -0.306 e. The van der Waals surface area contributed by atoms with Gasteiger partial charge in [-0.3, -0.25) is 4.90 Å². The van der Waals surface area contributed by atoms with E-state index in [1.165, 1.54) is 11.6 Å². The second-order valence-electron chi connectivity index (χ2n) is 9.27. The molecule has 5 heteroatoms. The summed E-state index contributed by atoms with van der Waals surface area (Å²) < 4.78 is 16.9. The topological polar surface area (TPSA) is 24.3 Å². The Bertz CT molecular complexity index is 1220. The molecule has 0 bridgehead atoms. The van der Waals surface area contributed by atoms with Crippen molar-refractivity contribution in [2.45, 2.75) is 25.4 Å². The van der Waals surface area contributed by atoms with Crippen LogP contribution >= 0.6 is 0 Å². The highest BCUT2D eigenvalue weighted by atomic mass is 19.1. The Labute approximate surface area is 201 Å². The molecule has 174 valence electrons. The molecule has 0 radical (unpaired) electrons. The standard InChI is InChI=1S/C29H31FN4/c1-32-18-16-25(17-19-32)33(2)21-24-20-31-34(29(24)27-10-6-7-11-28(27)30)26-14-12-23(13-15-26)22-8-4-3-5-9-22/h3-15,20,25H,16-19,21H2,1-2H3. The van der Waals surface area contributed by atoms with Gasteiger partial charge in [0, 0.05) is 23.7 Å². The van der Waals surface area contributed by atoms with Crippen LogP contribution in [0.4, 0.5) is 4.39 Å². The van der Waals surface area contributed by atoms with E-state index in [2.05, 4.69) is 60.3 Å². The molecule has 0 spiro atoms. The minimum absolute atomic E-state index is 0.228. The van der Waals surface area contributed by atoms with E-state index < -0.39 is 0 Å². The van der Waals surface area contributed by atoms with Gasteiger partial charge in [-0.1, -0.05) is 54.6 Å². The van der Waals surface area contributed by atoms with Gasteiger partial charge in [-0.2, -0.15) is 5.10 Å². The summed E-state index contributed by atoms with van der Waals surface area (Å²) in [5.74, 6) is -0.228. The van der Waals surface area contributed by atoms with Crippen LogP contribution in [0.15, 0.2) is 85.1 Å². The van der Waals surface area contributed by atoms with Gasteiger partial charge in [0.25, 0.3) is 0 Å². The van der Waals surface area contributed by atoms with E-state index in [4.69, 9.17) is 5.10 Å². The van der Waals surface area contributed by atoms with Crippen molar-refractivity contribution in [3.8, 4) is 28.1 Å². The van der Waals surface area contributed by atoms with Crippen LogP contribution in [0.1, 0.15) is 18.4 Å². The zero-order valence-corrected chi connectivity index (χ0v) is 19.9. The molecule has 1 aliphatic rings. The van der Waals surface area contributed by atoms with Crippen LogP contribution in [0.3, 0.4) is 0 Å². The molecular weight excluding hydrogens is 423 g/mol. The molecule has 1 aromatic heterocycles. The summed E-state index contributed by atoms with van der Waals surface area (Å²) >= 11 is 0. The molecular formula is C29H31FN4. The number of piperidine rings is 1. The van der Waals surface area contributed by atoms with Crippen molar-refractivity contribution in [3.63, 3.8) is 0 Å². The monoisotopic (exact) mass is 454 g/mol. The molecule has 0 unspecified atom stereocenters. The quantitative estimate of drug-likeness (QED) is 0.364. The summed E-state index contributed by atoms with van der Waals surface area (Å²) in [6.45, 7) is 2.96. The van der Waals surface area contributed by atoms with Crippen LogP contribution in [0, 0.1) is 5.82 Å². The lowest BCUT2D eigenvalue weighted by Crippen LogP contribution is -2.41. The van der Waals surface area contributed by atoms with Gasteiger partial charge in [-0.15, -0.1) is 0 Å². The molecule has 0 aliphatic carbocycles. The van der Waals surface area contributed by atoms with Gasteiger partial charge >= 0.3 is 0 Å². The molecule has 1 fully saturated rings. The van der Waals surface area contributed by atoms with Crippen LogP contribution in [0.25, 0.3) is 28.1 Å². The molecule has 1 aliphatic heterocycles. The summed E-state index contributed by atoms with van der Waals surface area (Å²) in [5, 5.41) is 4.73. The Morgan fingerprint density at radius 2 is 1.53 bits per heavy atom. The summed E-state index contributed by atoms with van der Waals surface area (Å²) in [4.78, 5) is 4.78. The maximum absolute atomic E-state index is 15.0. The van der Waals surface area contributed by atoms with Crippen LogP contribution in [0.5, 0.6) is 0 Å². The third-order valence-corrected chi connectivity index (χ3v) is 6.92. The third-order valence-electron chi connectivity index (χ3n) is 6.92. The normalized spacial score (nSPS) is 15.2. The fourth-order valence-corrected chi connectivity index (χ4v) is 4.89. The van der Waals surface area contributed by atoms with Crippen LogP contribution in [0.2, 0.25) is 0 Å². The maximum atomic E-state index is 15.0. The molecule has 0 atom stereocenters. The number of likely N-dealkylation sites (tertiary alicyclic amines) is 1. The molecule has 2 heterocycles. The first-order valence-electron chi connectivity index (χ1n) is 12.0. The lowest BCUT2D eigenvalue weighted by Gasteiger charge is -2.35. The molecule has 0 saturated carbocycles. The Morgan fingerprint density at radius 3 is 2.24 bits per heavy atom. The number of aromatic nitrogens is 2. The van der Waals surface area contributed by atoms with Gasteiger partial charge in [0.05, 0.1) is 17.6 Å². The molecule has 3 aromatic carbocycles. The molecule has 0 amide bonds. The maximum Gasteiger partial charge on any atom is 0.132 e. The summed E-state index contributed by atoms with van der Waals surface area (Å²) in [6.07, 6.45) is 4.20. The fourth-order valence-electron chi connectivity index (χ4n) is 4.89. The van der Waals surface area contributed by atoms with E-state index in [1.54, 1.807) is 6.07 Å². The summed E-state index contributed by atoms with van der Waals surface area (Å²) in [5.41, 5.74) is 5.68. The molecule has 0 N–H and O–H groups in total. The Balaban J connectivity index is 1.49. The number of benzene rings is 3. The fraction of sp³-hybridized carbons (Fsp3) is 0.276. The van der Waals surface area contributed by atoms with Crippen molar-refractivity contribution in [2.75, 3.05) is 27.2 Å². The van der Waals surface area contributed by atoms with Gasteiger partial charge in [0.1, 0.15) is 5.82 Å². The van der Waals surface area contributed by atoms with Crippen LogP contribution in [-0.4, -0.2) is 52.8 Å². The first kappa shape index (κ1) is 22.5. The number of hydrogen-bond donors (Lipinski definition) is 0.